The summed E-state index contributed by atoms with van der Waals surface area (Å²) in [6.45, 7) is 23.7. The third-order valence-electron chi connectivity index (χ3n) is 5.42. The third-order valence-corrected chi connectivity index (χ3v) is 5.42. The van der Waals surface area contributed by atoms with Gasteiger partial charge in [-0.1, -0.05) is 43.6 Å². The van der Waals surface area contributed by atoms with Crippen molar-refractivity contribution in [2.24, 2.45) is 4.99 Å². The summed E-state index contributed by atoms with van der Waals surface area (Å²) in [4.78, 5) is 21.3. The molecule has 186 valence electrons. The highest BCUT2D eigenvalue weighted by atomic mass is 16.6. The molecule has 0 saturated carbocycles. The first-order valence-electron chi connectivity index (χ1n) is 12.1. The number of carbonyl (C=O) groups excluding carboxylic acids is 1. The van der Waals surface area contributed by atoms with Crippen LogP contribution in [0.25, 0.3) is 0 Å². The summed E-state index contributed by atoms with van der Waals surface area (Å²) in [7, 11) is 0. The molecule has 34 heavy (non-hydrogen) atoms. The molecule has 0 unspecified atom stereocenters. The molecule has 1 aliphatic rings. The first-order chi connectivity index (χ1) is 16.0. The first-order valence-corrected chi connectivity index (χ1v) is 12.1. The van der Waals surface area contributed by atoms with E-state index < -0.39 is 5.60 Å². The first kappa shape index (κ1) is 29.0. The van der Waals surface area contributed by atoms with E-state index in [-0.39, 0.29) is 12.1 Å². The largest absolute Gasteiger partial charge is 0.444 e. The van der Waals surface area contributed by atoms with Crippen LogP contribution in [0.4, 0.5) is 4.79 Å². The molecule has 0 aromatic carbocycles. The number of rotatable bonds is 6. The average molecular weight is 466 g/mol. The van der Waals surface area contributed by atoms with Gasteiger partial charge in [-0.15, -0.1) is 0 Å². The van der Waals surface area contributed by atoms with Gasteiger partial charge in [-0.05, 0) is 67.0 Å². The number of piperazine rings is 1. The topological polar surface area (TPSA) is 45.1 Å². The van der Waals surface area contributed by atoms with Crippen LogP contribution in [0.3, 0.4) is 0 Å². The van der Waals surface area contributed by atoms with E-state index in [1.807, 2.05) is 60.6 Å². The molecule has 1 heterocycles. The fraction of sp³-hybridized carbons (Fsp3) is 0.517. The van der Waals surface area contributed by atoms with Gasteiger partial charge in [0.15, 0.2) is 0 Å². The summed E-state index contributed by atoms with van der Waals surface area (Å²) in [6, 6.07) is 0.121. The van der Waals surface area contributed by atoms with Crippen LogP contribution in [-0.2, 0) is 4.74 Å². The summed E-state index contributed by atoms with van der Waals surface area (Å²) in [5.41, 5.74) is 4.52. The molecule has 0 aromatic heterocycles. The van der Waals surface area contributed by atoms with Gasteiger partial charge >= 0.3 is 6.09 Å². The van der Waals surface area contributed by atoms with Crippen molar-refractivity contribution in [1.29, 1.82) is 0 Å². The van der Waals surface area contributed by atoms with Crippen molar-refractivity contribution >= 4 is 11.8 Å². The lowest BCUT2D eigenvalue weighted by molar-refractivity contribution is 0.0101. The quantitative estimate of drug-likeness (QED) is 0.250. The van der Waals surface area contributed by atoms with Crippen LogP contribution >= 0.6 is 0 Å². The minimum Gasteiger partial charge on any atom is -0.444 e. The molecular weight excluding hydrogens is 422 g/mol. The smallest absolute Gasteiger partial charge is 0.410 e. The van der Waals surface area contributed by atoms with Gasteiger partial charge in [-0.2, -0.15) is 0 Å². The van der Waals surface area contributed by atoms with Crippen molar-refractivity contribution in [1.82, 2.24) is 9.80 Å². The maximum absolute atomic E-state index is 12.6. The monoisotopic (exact) mass is 465 g/mol. The molecule has 5 heteroatoms. The van der Waals surface area contributed by atoms with Gasteiger partial charge < -0.3 is 14.5 Å². The van der Waals surface area contributed by atoms with Crippen LogP contribution < -0.4 is 0 Å². The SMILES string of the molecule is C=CN=C(C)C(/C(=C\C)C(/C#CCC)=C/C=C\C)=C(\C)N1CCN(C(=O)OC(C)(C)C)C[C@@H]1C. The highest BCUT2D eigenvalue weighted by Crippen LogP contribution is 2.29. The van der Waals surface area contributed by atoms with Crippen LogP contribution in [0.5, 0.6) is 0 Å². The minimum absolute atomic E-state index is 0.121. The Hall–Kier alpha value is -3.00. The van der Waals surface area contributed by atoms with Crippen molar-refractivity contribution in [3.8, 4) is 11.8 Å². The van der Waals surface area contributed by atoms with Crippen LogP contribution in [-0.4, -0.2) is 52.9 Å². The Morgan fingerprint density at radius 2 is 1.91 bits per heavy atom. The van der Waals surface area contributed by atoms with Gasteiger partial charge in [-0.3, -0.25) is 4.99 Å². The predicted octanol–water partition coefficient (Wildman–Crippen LogP) is 6.67. The molecule has 0 aromatic rings. The van der Waals surface area contributed by atoms with E-state index >= 15 is 0 Å². The summed E-state index contributed by atoms with van der Waals surface area (Å²) < 4.78 is 5.59. The van der Waals surface area contributed by atoms with E-state index in [1.54, 1.807) is 11.1 Å². The lowest BCUT2D eigenvalue weighted by Crippen LogP contribution is -2.54. The fourth-order valence-corrected chi connectivity index (χ4v) is 3.95. The number of hydrogen-bond donors (Lipinski definition) is 0. The maximum atomic E-state index is 12.6. The molecule has 1 amide bonds. The van der Waals surface area contributed by atoms with E-state index in [0.29, 0.717) is 19.6 Å². The summed E-state index contributed by atoms with van der Waals surface area (Å²) in [5, 5.41) is 0. The van der Waals surface area contributed by atoms with Gasteiger partial charge in [0.1, 0.15) is 5.60 Å². The van der Waals surface area contributed by atoms with Gasteiger partial charge in [0, 0.05) is 60.9 Å². The molecule has 0 spiro atoms. The Morgan fingerprint density at radius 1 is 1.24 bits per heavy atom. The van der Waals surface area contributed by atoms with Crippen molar-refractivity contribution in [3.05, 3.63) is 59.5 Å². The number of carbonyl (C=O) groups is 1. The van der Waals surface area contributed by atoms with Crippen LogP contribution in [0.2, 0.25) is 0 Å². The van der Waals surface area contributed by atoms with Crippen molar-refractivity contribution in [2.75, 3.05) is 19.6 Å². The number of ether oxygens (including phenoxy) is 1. The second kappa shape index (κ2) is 13.6. The van der Waals surface area contributed by atoms with Crippen molar-refractivity contribution in [3.63, 3.8) is 0 Å². The van der Waals surface area contributed by atoms with E-state index in [4.69, 9.17) is 4.74 Å². The second-order valence-corrected chi connectivity index (χ2v) is 9.29. The Labute approximate surface area is 207 Å². The average Bonchev–Trinajstić information content (AvgIpc) is 2.76. The molecule has 1 atom stereocenters. The molecule has 0 radical (unpaired) electrons. The van der Waals surface area contributed by atoms with E-state index in [9.17, 15) is 4.79 Å². The normalized spacial score (nSPS) is 19.0. The molecule has 1 rings (SSSR count). The molecule has 0 bridgehead atoms. The van der Waals surface area contributed by atoms with Crippen molar-refractivity contribution < 1.29 is 9.53 Å². The predicted molar refractivity (Wildman–Crippen MR) is 145 cm³/mol. The van der Waals surface area contributed by atoms with Gasteiger partial charge in [0.2, 0.25) is 0 Å². The molecule has 1 aliphatic heterocycles. The molecule has 5 nitrogen and oxygen atoms in total. The summed E-state index contributed by atoms with van der Waals surface area (Å²) >= 11 is 0. The van der Waals surface area contributed by atoms with Crippen LogP contribution in [0.1, 0.15) is 68.7 Å². The standard InChI is InChI=1S/C29H43N3O2/c1-11-15-17-25(18-16-12-2)26(13-3)27(23(6)30-14-4)24(7)32-20-19-31(21-22(32)5)28(33)34-29(8,9)10/h11,13-15,17,22H,4,12,19-21H2,1-3,5-10H3/b15-11-,25-17+,26-13-,27-24-,30-23?/t22-/m0/s1. The Balaban J connectivity index is 3.47. The summed E-state index contributed by atoms with van der Waals surface area (Å²) in [6.07, 6.45) is 10.3. The number of hydrogen-bond acceptors (Lipinski definition) is 4. The number of aliphatic imine (C=N–C) groups is 1. The Bertz CT molecular complexity index is 946. The van der Waals surface area contributed by atoms with E-state index in [2.05, 4.69) is 54.3 Å². The molecular formula is C29H43N3O2. The highest BCUT2D eigenvalue weighted by molar-refractivity contribution is 6.04. The zero-order valence-corrected chi connectivity index (χ0v) is 22.7. The van der Waals surface area contributed by atoms with Gasteiger partial charge in [0.25, 0.3) is 0 Å². The Morgan fingerprint density at radius 3 is 2.41 bits per heavy atom. The molecule has 0 N–H and O–H groups in total. The zero-order chi connectivity index (χ0) is 25.9. The molecule has 0 aliphatic carbocycles. The zero-order valence-electron chi connectivity index (χ0n) is 22.7. The molecule has 1 fully saturated rings. The van der Waals surface area contributed by atoms with Gasteiger partial charge in [-0.25, -0.2) is 4.79 Å². The minimum atomic E-state index is -0.505. The third kappa shape index (κ3) is 8.41. The van der Waals surface area contributed by atoms with E-state index in [1.165, 1.54) is 0 Å². The van der Waals surface area contributed by atoms with Gasteiger partial charge in [0.05, 0.1) is 0 Å². The highest BCUT2D eigenvalue weighted by Gasteiger charge is 2.31. The maximum Gasteiger partial charge on any atom is 0.410 e. The lowest BCUT2D eigenvalue weighted by atomic mass is 9.91. The number of nitrogens with zero attached hydrogens (tertiary/aromatic N) is 3. The van der Waals surface area contributed by atoms with Crippen LogP contribution in [0, 0.1) is 11.8 Å². The van der Waals surface area contributed by atoms with Crippen molar-refractivity contribution in [2.45, 2.75) is 80.4 Å². The Kier molecular flexibility index (Phi) is 11.7. The second-order valence-electron chi connectivity index (χ2n) is 9.29. The lowest BCUT2D eigenvalue weighted by Gasteiger charge is -2.42. The molecule has 1 saturated heterocycles. The van der Waals surface area contributed by atoms with Crippen LogP contribution in [0.15, 0.2) is 64.5 Å². The summed E-state index contributed by atoms with van der Waals surface area (Å²) in [5.74, 6) is 6.55. The number of allylic oxidation sites excluding steroid dienone is 8. The fourth-order valence-electron chi connectivity index (χ4n) is 3.95. The number of amides is 1. The van der Waals surface area contributed by atoms with E-state index in [0.717, 1.165) is 34.5 Å².